The topological polar surface area (TPSA) is 44.5 Å². The van der Waals surface area contributed by atoms with Gasteiger partial charge in [0.25, 0.3) is 0 Å². The van der Waals surface area contributed by atoms with Crippen LogP contribution in [-0.4, -0.2) is 19.3 Å². The Balaban J connectivity index is 2.11. The number of hydrogen-bond donors (Lipinski definition) is 1. The average Bonchev–Trinajstić information content (AvgIpc) is 2.27. The summed E-state index contributed by atoms with van der Waals surface area (Å²) in [5, 5.41) is 0. The number of nitrogens with two attached hydrogens (primary N) is 1. The molecule has 0 aromatic heterocycles. The van der Waals surface area contributed by atoms with E-state index >= 15 is 0 Å². The zero-order valence-corrected chi connectivity index (χ0v) is 9.95. The Hall–Kier alpha value is -1.22. The first-order valence-electron chi connectivity index (χ1n) is 5.78. The van der Waals surface area contributed by atoms with Gasteiger partial charge in [0.05, 0.1) is 13.2 Å². The van der Waals surface area contributed by atoms with E-state index in [1.54, 1.807) is 0 Å². The van der Waals surface area contributed by atoms with E-state index in [9.17, 15) is 0 Å². The Morgan fingerprint density at radius 2 is 1.88 bits per heavy atom. The first kappa shape index (κ1) is 11.3. The van der Waals surface area contributed by atoms with Crippen molar-refractivity contribution in [2.75, 3.05) is 18.9 Å². The molecule has 1 aromatic carbocycles. The van der Waals surface area contributed by atoms with Crippen molar-refractivity contribution in [3.63, 3.8) is 0 Å². The van der Waals surface area contributed by atoms with E-state index in [0.29, 0.717) is 0 Å². The summed E-state index contributed by atoms with van der Waals surface area (Å²) in [6.45, 7) is 5.64. The predicted molar refractivity (Wildman–Crippen MR) is 64.8 cm³/mol. The van der Waals surface area contributed by atoms with Gasteiger partial charge >= 0.3 is 0 Å². The van der Waals surface area contributed by atoms with Crippen molar-refractivity contribution in [2.45, 2.75) is 32.8 Å². The summed E-state index contributed by atoms with van der Waals surface area (Å²) in [6, 6.07) is 4.00. The molecule has 1 aliphatic rings. The SMILES string of the molecule is Cc1cc(OC2CCOCC2)c(C)cc1N. The van der Waals surface area contributed by atoms with Gasteiger partial charge in [-0.1, -0.05) is 0 Å². The molecule has 2 N–H and O–H groups in total. The molecule has 0 radical (unpaired) electrons. The molecule has 1 heterocycles. The highest BCUT2D eigenvalue weighted by Gasteiger charge is 2.16. The van der Waals surface area contributed by atoms with Crippen molar-refractivity contribution in [3.05, 3.63) is 23.3 Å². The minimum Gasteiger partial charge on any atom is -0.490 e. The molecule has 3 heteroatoms. The maximum Gasteiger partial charge on any atom is 0.123 e. The van der Waals surface area contributed by atoms with E-state index < -0.39 is 0 Å². The van der Waals surface area contributed by atoms with Crippen LogP contribution in [0.1, 0.15) is 24.0 Å². The Bertz CT molecular complexity index is 370. The van der Waals surface area contributed by atoms with E-state index in [0.717, 1.165) is 48.6 Å². The largest absolute Gasteiger partial charge is 0.490 e. The first-order chi connectivity index (χ1) is 7.66. The van der Waals surface area contributed by atoms with Gasteiger partial charge in [-0.3, -0.25) is 0 Å². The number of hydrogen-bond acceptors (Lipinski definition) is 3. The highest BCUT2D eigenvalue weighted by molar-refractivity contribution is 5.53. The first-order valence-corrected chi connectivity index (χ1v) is 5.78. The van der Waals surface area contributed by atoms with Gasteiger partial charge < -0.3 is 15.2 Å². The third-order valence-electron chi connectivity index (χ3n) is 3.03. The van der Waals surface area contributed by atoms with Crippen LogP contribution in [0.5, 0.6) is 5.75 Å². The number of anilines is 1. The normalized spacial score (nSPS) is 17.4. The zero-order chi connectivity index (χ0) is 11.5. The van der Waals surface area contributed by atoms with Crippen LogP contribution in [0.4, 0.5) is 5.69 Å². The van der Waals surface area contributed by atoms with Crippen molar-refractivity contribution in [1.82, 2.24) is 0 Å². The second-order valence-electron chi connectivity index (χ2n) is 4.40. The Labute approximate surface area is 96.5 Å². The van der Waals surface area contributed by atoms with Crippen LogP contribution in [0.15, 0.2) is 12.1 Å². The highest BCUT2D eigenvalue weighted by atomic mass is 16.5. The summed E-state index contributed by atoms with van der Waals surface area (Å²) in [5.74, 6) is 0.957. The van der Waals surface area contributed by atoms with E-state index in [4.69, 9.17) is 15.2 Å². The fourth-order valence-corrected chi connectivity index (χ4v) is 1.91. The monoisotopic (exact) mass is 221 g/mol. The number of benzene rings is 1. The second-order valence-corrected chi connectivity index (χ2v) is 4.40. The summed E-state index contributed by atoms with van der Waals surface area (Å²) in [5.41, 5.74) is 8.86. The molecule has 1 aliphatic heterocycles. The summed E-state index contributed by atoms with van der Waals surface area (Å²) in [4.78, 5) is 0. The van der Waals surface area contributed by atoms with E-state index in [1.807, 2.05) is 26.0 Å². The third-order valence-corrected chi connectivity index (χ3v) is 3.03. The second kappa shape index (κ2) is 4.74. The van der Waals surface area contributed by atoms with Crippen molar-refractivity contribution < 1.29 is 9.47 Å². The van der Waals surface area contributed by atoms with E-state index in [2.05, 4.69) is 0 Å². The molecule has 0 unspecified atom stereocenters. The van der Waals surface area contributed by atoms with Gasteiger partial charge in [-0.2, -0.15) is 0 Å². The number of aryl methyl sites for hydroxylation is 2. The van der Waals surface area contributed by atoms with Crippen molar-refractivity contribution in [2.24, 2.45) is 0 Å². The number of ether oxygens (including phenoxy) is 2. The smallest absolute Gasteiger partial charge is 0.123 e. The number of nitrogen functional groups attached to an aromatic ring is 1. The Kier molecular flexibility index (Phi) is 3.34. The minimum absolute atomic E-state index is 0.287. The molecule has 1 saturated heterocycles. The van der Waals surface area contributed by atoms with Gasteiger partial charge in [-0.05, 0) is 37.1 Å². The molecule has 0 spiro atoms. The lowest BCUT2D eigenvalue weighted by Gasteiger charge is -2.24. The fraction of sp³-hybridized carbons (Fsp3) is 0.538. The fourth-order valence-electron chi connectivity index (χ4n) is 1.91. The Morgan fingerprint density at radius 1 is 1.19 bits per heavy atom. The van der Waals surface area contributed by atoms with E-state index in [1.165, 1.54) is 0 Å². The van der Waals surface area contributed by atoms with E-state index in [-0.39, 0.29) is 6.10 Å². The lowest BCUT2D eigenvalue weighted by Crippen LogP contribution is -2.26. The minimum atomic E-state index is 0.287. The molecule has 16 heavy (non-hydrogen) atoms. The van der Waals surface area contributed by atoms with Gasteiger partial charge in [0.15, 0.2) is 0 Å². The maximum absolute atomic E-state index is 5.99. The molecule has 1 aromatic rings. The van der Waals surface area contributed by atoms with Crippen LogP contribution in [0.25, 0.3) is 0 Å². The molecule has 88 valence electrons. The molecular weight excluding hydrogens is 202 g/mol. The summed E-state index contributed by atoms with van der Waals surface area (Å²) < 4.78 is 11.3. The highest BCUT2D eigenvalue weighted by Crippen LogP contribution is 2.26. The van der Waals surface area contributed by atoms with Gasteiger partial charge in [0, 0.05) is 18.5 Å². The van der Waals surface area contributed by atoms with Gasteiger partial charge in [-0.25, -0.2) is 0 Å². The third kappa shape index (κ3) is 2.47. The maximum atomic E-state index is 5.99. The molecule has 2 rings (SSSR count). The van der Waals surface area contributed by atoms with Crippen LogP contribution in [0.3, 0.4) is 0 Å². The molecule has 0 amide bonds. The standard InChI is InChI=1S/C13H19NO2/c1-9-8-13(10(2)7-12(9)14)16-11-3-5-15-6-4-11/h7-8,11H,3-6,14H2,1-2H3. The number of rotatable bonds is 2. The molecule has 0 atom stereocenters. The van der Waals surface area contributed by atoms with Crippen LogP contribution in [0.2, 0.25) is 0 Å². The molecular formula is C13H19NO2. The quantitative estimate of drug-likeness (QED) is 0.780. The molecule has 1 fully saturated rings. The molecule has 3 nitrogen and oxygen atoms in total. The van der Waals surface area contributed by atoms with Gasteiger partial charge in [0.2, 0.25) is 0 Å². The molecule has 0 bridgehead atoms. The average molecular weight is 221 g/mol. The van der Waals surface area contributed by atoms with Crippen molar-refractivity contribution >= 4 is 5.69 Å². The van der Waals surface area contributed by atoms with Crippen molar-refractivity contribution in [1.29, 1.82) is 0 Å². The lowest BCUT2D eigenvalue weighted by molar-refractivity contribution is 0.0253. The summed E-state index contributed by atoms with van der Waals surface area (Å²) in [6.07, 6.45) is 2.24. The van der Waals surface area contributed by atoms with Crippen LogP contribution in [0, 0.1) is 13.8 Å². The van der Waals surface area contributed by atoms with Gasteiger partial charge in [0.1, 0.15) is 11.9 Å². The van der Waals surface area contributed by atoms with Gasteiger partial charge in [-0.15, -0.1) is 0 Å². The van der Waals surface area contributed by atoms with Crippen molar-refractivity contribution in [3.8, 4) is 5.75 Å². The Morgan fingerprint density at radius 3 is 2.56 bits per heavy atom. The van der Waals surface area contributed by atoms with Crippen LogP contribution in [-0.2, 0) is 4.74 Å². The lowest BCUT2D eigenvalue weighted by atomic mass is 10.1. The predicted octanol–water partition coefficient (Wildman–Crippen LogP) is 2.44. The zero-order valence-electron chi connectivity index (χ0n) is 9.95. The van der Waals surface area contributed by atoms with Crippen LogP contribution < -0.4 is 10.5 Å². The summed E-state index contributed by atoms with van der Waals surface area (Å²) >= 11 is 0. The van der Waals surface area contributed by atoms with Crippen LogP contribution >= 0.6 is 0 Å². The molecule has 0 aliphatic carbocycles. The summed E-state index contributed by atoms with van der Waals surface area (Å²) in [7, 11) is 0. The molecule has 0 saturated carbocycles.